The monoisotopic (exact) mass is 332 g/mol. The van der Waals surface area contributed by atoms with Gasteiger partial charge in [0.05, 0.1) is 0 Å². The number of aliphatic carboxylic acids is 1. The van der Waals surface area contributed by atoms with E-state index in [0.717, 1.165) is 0 Å². The number of hydrogen-bond acceptors (Lipinski definition) is 3. The number of carboxylic acid groups (broad SMARTS) is 1. The molecule has 1 aromatic rings. The van der Waals surface area contributed by atoms with Gasteiger partial charge in [-0.05, 0) is 31.9 Å². The van der Waals surface area contributed by atoms with E-state index in [0.29, 0.717) is 28.5 Å². The fourth-order valence-corrected chi connectivity index (χ4v) is 3.09. The van der Waals surface area contributed by atoms with Gasteiger partial charge in [-0.1, -0.05) is 43.1 Å². The van der Waals surface area contributed by atoms with Gasteiger partial charge in [-0.3, -0.25) is 0 Å². The molecular formula is C15H18Cl2O4. The van der Waals surface area contributed by atoms with E-state index in [4.69, 9.17) is 32.7 Å². The predicted molar refractivity (Wildman–Crippen MR) is 80.7 cm³/mol. The first-order valence-electron chi connectivity index (χ1n) is 6.84. The van der Waals surface area contributed by atoms with Crippen molar-refractivity contribution in [3.63, 3.8) is 0 Å². The number of rotatable bonds is 4. The summed E-state index contributed by atoms with van der Waals surface area (Å²) < 4.78 is 11.8. The topological polar surface area (TPSA) is 55.8 Å². The van der Waals surface area contributed by atoms with Crippen LogP contribution in [0.25, 0.3) is 0 Å². The molecule has 0 aromatic heterocycles. The Balaban J connectivity index is 2.51. The quantitative estimate of drug-likeness (QED) is 0.885. The molecule has 2 atom stereocenters. The minimum atomic E-state index is -1.50. The van der Waals surface area contributed by atoms with Crippen LogP contribution in [0.1, 0.15) is 45.3 Å². The standard InChI is InChI=1S/C15H18Cl2O4/c1-4-15(5-2)20-12(14(3,21-15)13(18)19)10-7-6-9(16)8-11(10)17/h6-8,12H,4-5H2,1-3H3,(H,18,19)/t12-,14+/m1/s1. The molecule has 1 saturated heterocycles. The summed E-state index contributed by atoms with van der Waals surface area (Å²) in [5.41, 5.74) is -0.932. The van der Waals surface area contributed by atoms with Crippen molar-refractivity contribution in [3.8, 4) is 0 Å². The van der Waals surface area contributed by atoms with E-state index in [9.17, 15) is 9.90 Å². The Morgan fingerprint density at radius 1 is 1.33 bits per heavy atom. The molecule has 21 heavy (non-hydrogen) atoms. The molecule has 0 unspecified atom stereocenters. The number of carbonyl (C=O) groups is 1. The molecule has 0 radical (unpaired) electrons. The SMILES string of the molecule is CCC1(CC)O[C@H](c2ccc(Cl)cc2Cl)[C@@](C)(C(=O)O)O1. The second-order valence-electron chi connectivity index (χ2n) is 5.30. The van der Waals surface area contributed by atoms with E-state index in [2.05, 4.69) is 0 Å². The van der Waals surface area contributed by atoms with Crippen molar-refractivity contribution >= 4 is 29.2 Å². The second-order valence-corrected chi connectivity index (χ2v) is 6.14. The van der Waals surface area contributed by atoms with Gasteiger partial charge in [-0.25, -0.2) is 4.79 Å². The van der Waals surface area contributed by atoms with Crippen molar-refractivity contribution < 1.29 is 19.4 Å². The Labute approximate surface area is 133 Å². The van der Waals surface area contributed by atoms with E-state index in [1.54, 1.807) is 18.2 Å². The third-order valence-corrected chi connectivity index (χ3v) is 4.54. The predicted octanol–water partition coefficient (Wildman–Crippen LogP) is 4.44. The van der Waals surface area contributed by atoms with Crippen molar-refractivity contribution in [2.24, 2.45) is 0 Å². The van der Waals surface area contributed by atoms with Crippen LogP contribution in [0.4, 0.5) is 0 Å². The largest absolute Gasteiger partial charge is 0.479 e. The Kier molecular flexibility index (Phi) is 4.54. The molecule has 1 heterocycles. The van der Waals surface area contributed by atoms with E-state index in [-0.39, 0.29) is 0 Å². The zero-order valence-corrected chi connectivity index (χ0v) is 13.7. The van der Waals surface area contributed by atoms with Crippen LogP contribution in [0.2, 0.25) is 10.0 Å². The van der Waals surface area contributed by atoms with Gasteiger partial charge in [0, 0.05) is 15.6 Å². The average Bonchev–Trinajstić information content (AvgIpc) is 2.74. The zero-order chi connectivity index (χ0) is 15.8. The van der Waals surface area contributed by atoms with E-state index in [1.165, 1.54) is 6.92 Å². The van der Waals surface area contributed by atoms with Crippen LogP contribution in [0, 0.1) is 0 Å². The molecule has 0 saturated carbocycles. The van der Waals surface area contributed by atoms with Crippen molar-refractivity contribution in [2.75, 3.05) is 0 Å². The minimum Gasteiger partial charge on any atom is -0.479 e. The maximum absolute atomic E-state index is 11.7. The molecule has 1 aliphatic rings. The van der Waals surface area contributed by atoms with Crippen molar-refractivity contribution in [2.45, 2.75) is 51.1 Å². The summed E-state index contributed by atoms with van der Waals surface area (Å²) >= 11 is 12.1. The first-order valence-corrected chi connectivity index (χ1v) is 7.60. The number of hydrogen-bond donors (Lipinski definition) is 1. The summed E-state index contributed by atoms with van der Waals surface area (Å²) in [6.07, 6.45) is 0.307. The summed E-state index contributed by atoms with van der Waals surface area (Å²) in [4.78, 5) is 11.7. The van der Waals surface area contributed by atoms with Crippen molar-refractivity contribution in [1.29, 1.82) is 0 Å². The van der Waals surface area contributed by atoms with Gasteiger partial charge in [-0.2, -0.15) is 0 Å². The lowest BCUT2D eigenvalue weighted by molar-refractivity contribution is -0.200. The Hall–Kier alpha value is -0.810. The van der Waals surface area contributed by atoms with E-state index in [1.807, 2.05) is 13.8 Å². The van der Waals surface area contributed by atoms with Gasteiger partial charge in [0.25, 0.3) is 0 Å². The molecule has 0 bridgehead atoms. The summed E-state index contributed by atoms with van der Waals surface area (Å²) in [6, 6.07) is 4.91. The highest BCUT2D eigenvalue weighted by Crippen LogP contribution is 2.50. The van der Waals surface area contributed by atoms with Crippen LogP contribution in [-0.4, -0.2) is 22.5 Å². The molecular weight excluding hydrogens is 315 g/mol. The van der Waals surface area contributed by atoms with Crippen molar-refractivity contribution in [3.05, 3.63) is 33.8 Å². The van der Waals surface area contributed by atoms with Crippen LogP contribution < -0.4 is 0 Å². The molecule has 1 N–H and O–H groups in total. The number of benzene rings is 1. The van der Waals surface area contributed by atoms with Crippen LogP contribution in [0.3, 0.4) is 0 Å². The number of halogens is 2. The molecule has 1 fully saturated rings. The molecule has 116 valence electrons. The van der Waals surface area contributed by atoms with Gasteiger partial charge < -0.3 is 14.6 Å². The molecule has 4 nitrogen and oxygen atoms in total. The highest BCUT2D eigenvalue weighted by atomic mass is 35.5. The van der Waals surface area contributed by atoms with E-state index >= 15 is 0 Å². The Morgan fingerprint density at radius 2 is 1.95 bits per heavy atom. The van der Waals surface area contributed by atoms with Crippen molar-refractivity contribution in [1.82, 2.24) is 0 Å². The van der Waals surface area contributed by atoms with Gasteiger partial charge >= 0.3 is 5.97 Å². The summed E-state index contributed by atoms with van der Waals surface area (Å²) in [5.74, 6) is -2.00. The van der Waals surface area contributed by atoms with Crippen LogP contribution >= 0.6 is 23.2 Å². The molecule has 0 aliphatic carbocycles. The fourth-order valence-electron chi connectivity index (χ4n) is 2.58. The summed E-state index contributed by atoms with van der Waals surface area (Å²) in [5, 5.41) is 10.4. The fraction of sp³-hybridized carbons (Fsp3) is 0.533. The number of ether oxygens (including phenoxy) is 2. The average molecular weight is 333 g/mol. The maximum atomic E-state index is 11.7. The number of carboxylic acids is 1. The maximum Gasteiger partial charge on any atom is 0.338 e. The lowest BCUT2D eigenvalue weighted by Crippen LogP contribution is -2.42. The lowest BCUT2D eigenvalue weighted by Gasteiger charge is -2.26. The van der Waals surface area contributed by atoms with Gasteiger partial charge in [0.2, 0.25) is 0 Å². The second kappa shape index (κ2) is 5.76. The van der Waals surface area contributed by atoms with E-state index < -0.39 is 23.5 Å². The summed E-state index contributed by atoms with van der Waals surface area (Å²) in [6.45, 7) is 5.31. The first-order chi connectivity index (χ1) is 9.78. The van der Waals surface area contributed by atoms with Crippen LogP contribution in [0.15, 0.2) is 18.2 Å². The highest BCUT2D eigenvalue weighted by Gasteiger charge is 2.58. The molecule has 0 amide bonds. The van der Waals surface area contributed by atoms with Crippen LogP contribution in [-0.2, 0) is 14.3 Å². The van der Waals surface area contributed by atoms with Crippen LogP contribution in [0.5, 0.6) is 0 Å². The lowest BCUT2D eigenvalue weighted by atomic mass is 9.93. The smallest absolute Gasteiger partial charge is 0.338 e. The highest BCUT2D eigenvalue weighted by molar-refractivity contribution is 6.35. The minimum absolute atomic E-state index is 0.367. The molecule has 0 spiro atoms. The normalized spacial score (nSPS) is 27.8. The van der Waals surface area contributed by atoms with Gasteiger partial charge in [-0.15, -0.1) is 0 Å². The third-order valence-electron chi connectivity index (χ3n) is 3.98. The third kappa shape index (κ3) is 2.78. The molecule has 6 heteroatoms. The van der Waals surface area contributed by atoms with Gasteiger partial charge in [0.15, 0.2) is 11.4 Å². The molecule has 1 aromatic carbocycles. The molecule has 2 rings (SSSR count). The first kappa shape index (κ1) is 16.6. The Bertz CT molecular complexity index is 557. The zero-order valence-electron chi connectivity index (χ0n) is 12.2. The molecule has 1 aliphatic heterocycles. The van der Waals surface area contributed by atoms with Gasteiger partial charge in [0.1, 0.15) is 6.10 Å². The summed E-state index contributed by atoms with van der Waals surface area (Å²) in [7, 11) is 0. The Morgan fingerprint density at radius 3 is 2.43 bits per heavy atom.